The van der Waals surface area contributed by atoms with Gasteiger partial charge in [0.15, 0.2) is 5.43 Å². The molecule has 0 saturated heterocycles. The number of pyridine rings is 1. The van der Waals surface area contributed by atoms with Gasteiger partial charge < -0.3 is 9.47 Å². The van der Waals surface area contributed by atoms with E-state index in [-0.39, 0.29) is 23.7 Å². The molecule has 0 fully saturated rings. The monoisotopic (exact) mass is 386 g/mol. The lowest BCUT2D eigenvalue weighted by molar-refractivity contribution is -0.119. The Bertz CT molecular complexity index is 1270. The minimum Gasteiger partial charge on any atom is -0.331 e. The Morgan fingerprint density at radius 3 is 2.24 bits per heavy atom. The van der Waals surface area contributed by atoms with Gasteiger partial charge in [-0.25, -0.2) is 4.39 Å². The van der Waals surface area contributed by atoms with Crippen molar-refractivity contribution < 1.29 is 9.18 Å². The molecular formula is C24H19FN2O2. The molecule has 1 aliphatic rings. The normalized spacial score (nSPS) is 13.6. The van der Waals surface area contributed by atoms with E-state index in [0.29, 0.717) is 34.0 Å². The summed E-state index contributed by atoms with van der Waals surface area (Å²) in [5.41, 5.74) is 2.61. The highest BCUT2D eigenvalue weighted by molar-refractivity contribution is 5.98. The lowest BCUT2D eigenvalue weighted by Gasteiger charge is -2.30. The van der Waals surface area contributed by atoms with Crippen LogP contribution in [0.15, 0.2) is 71.5 Å². The molecule has 1 amide bonds. The van der Waals surface area contributed by atoms with Gasteiger partial charge in [-0.1, -0.05) is 36.4 Å². The van der Waals surface area contributed by atoms with Crippen LogP contribution in [0.25, 0.3) is 21.8 Å². The number of rotatable bonds is 2. The Morgan fingerprint density at radius 2 is 1.55 bits per heavy atom. The third kappa shape index (κ3) is 2.81. The average Bonchev–Trinajstić information content (AvgIpc) is 2.76. The van der Waals surface area contributed by atoms with Crippen molar-refractivity contribution in [1.82, 2.24) is 4.57 Å². The van der Waals surface area contributed by atoms with E-state index in [1.54, 1.807) is 23.1 Å². The lowest BCUT2D eigenvalue weighted by Crippen LogP contribution is -2.38. The van der Waals surface area contributed by atoms with Crippen LogP contribution in [0.4, 0.5) is 10.1 Å². The van der Waals surface area contributed by atoms with Crippen LogP contribution in [0.1, 0.15) is 12.0 Å². The number of para-hydroxylation sites is 3. The van der Waals surface area contributed by atoms with E-state index in [1.807, 2.05) is 47.0 Å². The summed E-state index contributed by atoms with van der Waals surface area (Å²) in [6, 6.07) is 19.6. The maximum absolute atomic E-state index is 14.5. The molecule has 29 heavy (non-hydrogen) atoms. The van der Waals surface area contributed by atoms with Gasteiger partial charge in [0.2, 0.25) is 5.91 Å². The Kier molecular flexibility index (Phi) is 4.16. The number of fused-ring (bicyclic) bond motifs is 3. The summed E-state index contributed by atoms with van der Waals surface area (Å²) in [5, 5.41) is 1.15. The SMILES string of the molecule is O=C(Cn1c2ccccc2c(=O)c2ccccc21)N1CCCc2cccc(F)c21. The number of amides is 1. The van der Waals surface area contributed by atoms with Crippen LogP contribution in [0.5, 0.6) is 0 Å². The molecule has 1 aliphatic heterocycles. The average molecular weight is 386 g/mol. The second kappa shape index (κ2) is 6.85. The molecule has 4 nitrogen and oxygen atoms in total. The zero-order valence-corrected chi connectivity index (χ0v) is 15.8. The number of carbonyl (C=O) groups excluding carboxylic acids is 1. The molecule has 2 heterocycles. The van der Waals surface area contributed by atoms with Gasteiger partial charge in [0.25, 0.3) is 0 Å². The first kappa shape index (κ1) is 17.6. The van der Waals surface area contributed by atoms with Crippen LogP contribution in [-0.4, -0.2) is 17.0 Å². The number of hydrogen-bond acceptors (Lipinski definition) is 2. The first-order valence-corrected chi connectivity index (χ1v) is 9.73. The van der Waals surface area contributed by atoms with Crippen LogP contribution in [0, 0.1) is 5.82 Å². The van der Waals surface area contributed by atoms with Crippen molar-refractivity contribution in [2.24, 2.45) is 0 Å². The third-order valence-electron chi connectivity index (χ3n) is 5.64. The van der Waals surface area contributed by atoms with Gasteiger partial charge in [-0.2, -0.15) is 0 Å². The molecule has 0 atom stereocenters. The predicted octanol–water partition coefficient (Wildman–Crippen LogP) is 4.27. The van der Waals surface area contributed by atoms with Crippen LogP contribution < -0.4 is 10.3 Å². The molecular weight excluding hydrogens is 367 g/mol. The number of anilines is 1. The summed E-state index contributed by atoms with van der Waals surface area (Å²) in [7, 11) is 0. The molecule has 0 radical (unpaired) electrons. The largest absolute Gasteiger partial charge is 0.331 e. The quantitative estimate of drug-likeness (QED) is 0.483. The Morgan fingerprint density at radius 1 is 0.897 bits per heavy atom. The fourth-order valence-electron chi connectivity index (χ4n) is 4.32. The maximum atomic E-state index is 14.5. The lowest BCUT2D eigenvalue weighted by atomic mass is 10.0. The number of halogens is 1. The second-order valence-electron chi connectivity index (χ2n) is 7.35. The van der Waals surface area contributed by atoms with Crippen molar-refractivity contribution in [2.45, 2.75) is 19.4 Å². The summed E-state index contributed by atoms with van der Waals surface area (Å²) in [6.45, 7) is 0.526. The minimum absolute atomic E-state index is 0.0368. The minimum atomic E-state index is -0.370. The first-order chi connectivity index (χ1) is 14.1. The smallest absolute Gasteiger partial charge is 0.247 e. The number of hydrogen-bond donors (Lipinski definition) is 0. The number of aryl methyl sites for hydroxylation is 1. The maximum Gasteiger partial charge on any atom is 0.247 e. The standard InChI is InChI=1S/C24H19FN2O2/c25-19-11-5-7-16-8-6-14-26(23(16)19)22(28)15-27-20-12-3-1-9-17(20)24(29)18-10-2-4-13-21(18)27/h1-5,7,9-13H,6,8,14-15H2. The number of aromatic nitrogens is 1. The molecule has 4 aromatic rings. The summed E-state index contributed by atoms with van der Waals surface area (Å²) < 4.78 is 16.4. The first-order valence-electron chi connectivity index (χ1n) is 9.73. The number of carbonyl (C=O) groups is 1. The molecule has 3 aromatic carbocycles. The molecule has 0 aliphatic carbocycles. The second-order valence-corrected chi connectivity index (χ2v) is 7.35. The van der Waals surface area contributed by atoms with Crippen molar-refractivity contribution >= 4 is 33.4 Å². The van der Waals surface area contributed by atoms with Crippen LogP contribution in [0.3, 0.4) is 0 Å². The van der Waals surface area contributed by atoms with Crippen LogP contribution in [0.2, 0.25) is 0 Å². The molecule has 0 spiro atoms. The van der Waals surface area contributed by atoms with E-state index in [0.717, 1.165) is 18.4 Å². The molecule has 0 bridgehead atoms. The van der Waals surface area contributed by atoms with Crippen LogP contribution >= 0.6 is 0 Å². The van der Waals surface area contributed by atoms with Gasteiger partial charge in [0.05, 0.1) is 16.7 Å². The zero-order chi connectivity index (χ0) is 20.0. The van der Waals surface area contributed by atoms with Crippen molar-refractivity contribution in [2.75, 3.05) is 11.4 Å². The molecule has 5 heteroatoms. The van der Waals surface area contributed by atoms with Gasteiger partial charge in [-0.3, -0.25) is 9.59 Å². The van der Waals surface area contributed by atoms with E-state index in [9.17, 15) is 14.0 Å². The molecule has 144 valence electrons. The van der Waals surface area contributed by atoms with Gasteiger partial charge in [0, 0.05) is 17.3 Å². The summed E-state index contributed by atoms with van der Waals surface area (Å²) >= 11 is 0. The van der Waals surface area contributed by atoms with E-state index in [1.165, 1.54) is 6.07 Å². The molecule has 0 N–H and O–H groups in total. The molecule has 5 rings (SSSR count). The van der Waals surface area contributed by atoms with Gasteiger partial charge in [0.1, 0.15) is 12.4 Å². The van der Waals surface area contributed by atoms with E-state index in [2.05, 4.69) is 0 Å². The van der Waals surface area contributed by atoms with Crippen molar-refractivity contribution in [1.29, 1.82) is 0 Å². The molecule has 0 unspecified atom stereocenters. The predicted molar refractivity (Wildman–Crippen MR) is 113 cm³/mol. The highest BCUT2D eigenvalue weighted by atomic mass is 19.1. The highest BCUT2D eigenvalue weighted by Gasteiger charge is 2.26. The Balaban J connectivity index is 1.66. The molecule has 0 saturated carbocycles. The third-order valence-corrected chi connectivity index (χ3v) is 5.64. The van der Waals surface area contributed by atoms with Crippen molar-refractivity contribution in [3.63, 3.8) is 0 Å². The molecule has 1 aromatic heterocycles. The number of nitrogens with zero attached hydrogens (tertiary/aromatic N) is 2. The fourth-order valence-corrected chi connectivity index (χ4v) is 4.32. The fraction of sp³-hybridized carbons (Fsp3) is 0.167. The Hall–Kier alpha value is -3.47. The zero-order valence-electron chi connectivity index (χ0n) is 15.8. The van der Waals surface area contributed by atoms with E-state index in [4.69, 9.17) is 0 Å². The van der Waals surface area contributed by atoms with Gasteiger partial charge in [-0.15, -0.1) is 0 Å². The summed E-state index contributed by atoms with van der Waals surface area (Å²) in [5.74, 6) is -0.555. The Labute approximate surface area is 166 Å². The summed E-state index contributed by atoms with van der Waals surface area (Å²) in [6.07, 6.45) is 1.56. The topological polar surface area (TPSA) is 42.3 Å². The van der Waals surface area contributed by atoms with Crippen molar-refractivity contribution in [3.05, 3.63) is 88.3 Å². The summed E-state index contributed by atoms with van der Waals surface area (Å²) in [4.78, 5) is 27.7. The van der Waals surface area contributed by atoms with Crippen molar-refractivity contribution in [3.8, 4) is 0 Å². The number of benzene rings is 3. The highest BCUT2D eigenvalue weighted by Crippen LogP contribution is 2.30. The van der Waals surface area contributed by atoms with Gasteiger partial charge >= 0.3 is 0 Å². The van der Waals surface area contributed by atoms with E-state index >= 15 is 0 Å². The van der Waals surface area contributed by atoms with Crippen LogP contribution in [-0.2, 0) is 17.8 Å². The van der Waals surface area contributed by atoms with Gasteiger partial charge in [-0.05, 0) is 48.7 Å². The van der Waals surface area contributed by atoms with E-state index < -0.39 is 0 Å².